The Morgan fingerprint density at radius 2 is 1.62 bits per heavy atom. The molecule has 0 atom stereocenters. The van der Waals surface area contributed by atoms with E-state index in [1.807, 2.05) is 67.6 Å². The van der Waals surface area contributed by atoms with Crippen LogP contribution in [0.5, 0.6) is 11.6 Å². The molecule has 32 heavy (non-hydrogen) atoms. The highest BCUT2D eigenvalue weighted by molar-refractivity contribution is 5.76. The van der Waals surface area contributed by atoms with Gasteiger partial charge in [-0.1, -0.05) is 48.5 Å². The summed E-state index contributed by atoms with van der Waals surface area (Å²) in [6.45, 7) is 2.38. The lowest BCUT2D eigenvalue weighted by Crippen LogP contribution is -2.23. The van der Waals surface area contributed by atoms with Gasteiger partial charge in [0.15, 0.2) is 0 Å². The van der Waals surface area contributed by atoms with Crippen LogP contribution in [-0.2, 0) is 17.8 Å². The molecule has 1 N–H and O–H groups in total. The molecule has 4 rings (SSSR count). The number of amides is 1. The number of para-hydroxylation sites is 1. The first kappa shape index (κ1) is 21.3. The highest BCUT2D eigenvalue weighted by Gasteiger charge is 2.20. The smallest absolute Gasteiger partial charge is 0.226 e. The van der Waals surface area contributed by atoms with Gasteiger partial charge in [-0.05, 0) is 55.3 Å². The third-order valence-electron chi connectivity index (χ3n) is 5.10. The van der Waals surface area contributed by atoms with Gasteiger partial charge in [0.2, 0.25) is 11.8 Å². The zero-order valence-electron chi connectivity index (χ0n) is 17.8. The molecule has 0 spiro atoms. The Kier molecular flexibility index (Phi) is 6.60. The number of hydrogen-bond donors (Lipinski definition) is 1. The molecule has 0 aliphatic carbocycles. The third kappa shape index (κ3) is 5.21. The van der Waals surface area contributed by atoms with Gasteiger partial charge >= 0.3 is 0 Å². The van der Waals surface area contributed by atoms with Gasteiger partial charge in [-0.3, -0.25) is 4.79 Å². The first-order valence-corrected chi connectivity index (χ1v) is 10.5. The van der Waals surface area contributed by atoms with Crippen LogP contribution < -0.4 is 10.1 Å². The Bertz CT molecular complexity index is 1170. The Morgan fingerprint density at radius 1 is 0.969 bits per heavy atom. The van der Waals surface area contributed by atoms with Crippen molar-refractivity contribution < 1.29 is 13.9 Å². The molecule has 1 aromatic heterocycles. The SMILES string of the molecule is Cc1nn(-c2ccccc2)c(Oc2ccc(F)cc2)c1CCC(=O)NCc1ccccc1. The Hall–Kier alpha value is -3.93. The van der Waals surface area contributed by atoms with Gasteiger partial charge in [0.05, 0.1) is 11.4 Å². The van der Waals surface area contributed by atoms with E-state index in [4.69, 9.17) is 4.74 Å². The molecule has 0 aliphatic heterocycles. The largest absolute Gasteiger partial charge is 0.439 e. The Morgan fingerprint density at radius 3 is 2.31 bits per heavy atom. The molecule has 5 nitrogen and oxygen atoms in total. The van der Waals surface area contributed by atoms with Gasteiger partial charge in [0, 0.05) is 18.5 Å². The van der Waals surface area contributed by atoms with Gasteiger partial charge in [-0.2, -0.15) is 5.10 Å². The van der Waals surface area contributed by atoms with E-state index in [-0.39, 0.29) is 11.7 Å². The highest BCUT2D eigenvalue weighted by atomic mass is 19.1. The van der Waals surface area contributed by atoms with Crippen molar-refractivity contribution >= 4 is 5.91 Å². The molecular weight excluding hydrogens is 405 g/mol. The molecule has 0 unspecified atom stereocenters. The summed E-state index contributed by atoms with van der Waals surface area (Å²) in [6.07, 6.45) is 0.768. The second kappa shape index (κ2) is 9.92. The standard InChI is InChI=1S/C26H24FN3O2/c1-19-24(16-17-25(31)28-18-20-8-4-2-5-9-20)26(32-23-14-12-21(27)13-15-23)30(29-19)22-10-6-3-7-11-22/h2-15H,16-18H2,1H3,(H,28,31). The summed E-state index contributed by atoms with van der Waals surface area (Å²) in [7, 11) is 0. The maximum absolute atomic E-state index is 13.3. The molecule has 0 saturated carbocycles. The van der Waals surface area contributed by atoms with Crippen LogP contribution in [0.1, 0.15) is 23.2 Å². The van der Waals surface area contributed by atoms with Gasteiger partial charge in [-0.15, -0.1) is 0 Å². The van der Waals surface area contributed by atoms with E-state index < -0.39 is 0 Å². The molecule has 1 heterocycles. The highest BCUT2D eigenvalue weighted by Crippen LogP contribution is 2.31. The van der Waals surface area contributed by atoms with E-state index in [2.05, 4.69) is 10.4 Å². The van der Waals surface area contributed by atoms with E-state index in [9.17, 15) is 9.18 Å². The maximum atomic E-state index is 13.3. The van der Waals surface area contributed by atoms with Gasteiger partial charge < -0.3 is 10.1 Å². The van der Waals surface area contributed by atoms with Gasteiger partial charge in [0.25, 0.3) is 0 Å². The van der Waals surface area contributed by atoms with Crippen LogP contribution in [0.25, 0.3) is 5.69 Å². The predicted molar refractivity (Wildman–Crippen MR) is 121 cm³/mol. The van der Waals surface area contributed by atoms with Gasteiger partial charge in [-0.25, -0.2) is 9.07 Å². The van der Waals surface area contributed by atoms with Crippen molar-refractivity contribution in [3.63, 3.8) is 0 Å². The van der Waals surface area contributed by atoms with Crippen molar-refractivity contribution in [3.05, 3.63) is 108 Å². The van der Waals surface area contributed by atoms with Crippen LogP contribution >= 0.6 is 0 Å². The number of carbonyl (C=O) groups is 1. The van der Waals surface area contributed by atoms with Gasteiger partial charge in [0.1, 0.15) is 11.6 Å². The molecule has 0 bridgehead atoms. The number of aryl methyl sites for hydroxylation is 1. The number of aromatic nitrogens is 2. The minimum absolute atomic E-state index is 0.0477. The van der Waals surface area contributed by atoms with Crippen molar-refractivity contribution in [1.29, 1.82) is 0 Å². The van der Waals surface area contributed by atoms with Crippen LogP contribution in [0.3, 0.4) is 0 Å². The monoisotopic (exact) mass is 429 g/mol. The molecule has 0 radical (unpaired) electrons. The summed E-state index contributed by atoms with van der Waals surface area (Å²) in [5.41, 5.74) is 3.51. The maximum Gasteiger partial charge on any atom is 0.226 e. The van der Waals surface area contributed by atoms with Crippen LogP contribution in [0.15, 0.2) is 84.9 Å². The summed E-state index contributed by atoms with van der Waals surface area (Å²) in [5, 5.41) is 7.61. The summed E-state index contributed by atoms with van der Waals surface area (Å²) >= 11 is 0. The number of hydrogen-bond acceptors (Lipinski definition) is 3. The number of benzene rings is 3. The van der Waals surface area contributed by atoms with Crippen molar-refractivity contribution in [2.24, 2.45) is 0 Å². The molecule has 162 valence electrons. The topological polar surface area (TPSA) is 56.2 Å². The predicted octanol–water partition coefficient (Wildman–Crippen LogP) is 5.36. The molecule has 4 aromatic rings. The Labute approximate surface area is 186 Å². The van der Waals surface area contributed by atoms with Crippen molar-refractivity contribution in [3.8, 4) is 17.3 Å². The van der Waals surface area contributed by atoms with Crippen LogP contribution in [0, 0.1) is 12.7 Å². The summed E-state index contributed by atoms with van der Waals surface area (Å²) in [5.74, 6) is 0.642. The van der Waals surface area contributed by atoms with Crippen LogP contribution in [0.4, 0.5) is 4.39 Å². The molecule has 0 fully saturated rings. The van der Waals surface area contributed by atoms with E-state index in [1.165, 1.54) is 12.1 Å². The first-order chi connectivity index (χ1) is 15.6. The quantitative estimate of drug-likeness (QED) is 0.410. The fourth-order valence-electron chi connectivity index (χ4n) is 3.41. The van der Waals surface area contributed by atoms with Crippen molar-refractivity contribution in [1.82, 2.24) is 15.1 Å². The summed E-state index contributed by atoms with van der Waals surface area (Å²) in [4.78, 5) is 12.5. The van der Waals surface area contributed by atoms with E-state index in [1.54, 1.807) is 16.8 Å². The average molecular weight is 429 g/mol. The van der Waals surface area contributed by atoms with Crippen molar-refractivity contribution in [2.75, 3.05) is 0 Å². The Balaban J connectivity index is 1.54. The number of carbonyl (C=O) groups excluding carboxylic acids is 1. The molecule has 6 heteroatoms. The third-order valence-corrected chi connectivity index (χ3v) is 5.10. The second-order valence-electron chi connectivity index (χ2n) is 7.43. The van der Waals surface area contributed by atoms with E-state index in [0.717, 1.165) is 22.5 Å². The van der Waals surface area contributed by atoms with Crippen LogP contribution in [-0.4, -0.2) is 15.7 Å². The average Bonchev–Trinajstić information content (AvgIpc) is 3.14. The van der Waals surface area contributed by atoms with E-state index in [0.29, 0.717) is 31.0 Å². The summed E-state index contributed by atoms with van der Waals surface area (Å²) in [6, 6.07) is 25.3. The number of nitrogens with zero attached hydrogens (tertiary/aromatic N) is 2. The lowest BCUT2D eigenvalue weighted by atomic mass is 10.1. The molecule has 3 aromatic carbocycles. The number of rotatable bonds is 8. The van der Waals surface area contributed by atoms with Crippen molar-refractivity contribution in [2.45, 2.75) is 26.3 Å². The molecule has 0 aliphatic rings. The molecular formula is C26H24FN3O2. The molecule has 1 amide bonds. The van der Waals surface area contributed by atoms with E-state index >= 15 is 0 Å². The number of nitrogens with one attached hydrogen (secondary N) is 1. The molecule has 0 saturated heterocycles. The lowest BCUT2D eigenvalue weighted by Gasteiger charge is -2.12. The minimum Gasteiger partial charge on any atom is -0.439 e. The summed E-state index contributed by atoms with van der Waals surface area (Å²) < 4.78 is 21.2. The first-order valence-electron chi connectivity index (χ1n) is 10.5. The lowest BCUT2D eigenvalue weighted by molar-refractivity contribution is -0.121. The second-order valence-corrected chi connectivity index (χ2v) is 7.43. The zero-order valence-corrected chi connectivity index (χ0v) is 17.8. The fraction of sp³-hybridized carbons (Fsp3) is 0.154. The minimum atomic E-state index is -0.333. The zero-order chi connectivity index (χ0) is 22.3. The normalized spacial score (nSPS) is 10.7. The number of ether oxygens (including phenoxy) is 1. The van der Waals surface area contributed by atoms with Crippen LogP contribution in [0.2, 0.25) is 0 Å². The number of halogens is 1. The fourth-order valence-corrected chi connectivity index (χ4v) is 3.41.